The zero-order chi connectivity index (χ0) is 11.8. The van der Waals surface area contributed by atoms with Gasteiger partial charge in [0, 0.05) is 10.9 Å². The SMILES string of the molecule is CCCCC[C@H](N)c1ccc(SCC)cc1. The summed E-state index contributed by atoms with van der Waals surface area (Å²) in [6, 6.07) is 8.93. The van der Waals surface area contributed by atoms with Crippen molar-refractivity contribution in [2.24, 2.45) is 5.73 Å². The monoisotopic (exact) mass is 237 g/mol. The number of hydrogen-bond donors (Lipinski definition) is 1. The Bertz CT molecular complexity index is 281. The van der Waals surface area contributed by atoms with E-state index in [9.17, 15) is 0 Å². The van der Waals surface area contributed by atoms with Crippen molar-refractivity contribution >= 4 is 11.8 Å². The van der Waals surface area contributed by atoms with Crippen molar-refractivity contribution in [3.63, 3.8) is 0 Å². The first-order valence-electron chi connectivity index (χ1n) is 6.26. The van der Waals surface area contributed by atoms with Crippen molar-refractivity contribution < 1.29 is 0 Å². The van der Waals surface area contributed by atoms with Crippen molar-refractivity contribution in [1.29, 1.82) is 0 Å². The highest BCUT2D eigenvalue weighted by Gasteiger charge is 2.05. The van der Waals surface area contributed by atoms with Crippen LogP contribution in [0.15, 0.2) is 29.2 Å². The highest BCUT2D eigenvalue weighted by molar-refractivity contribution is 7.99. The summed E-state index contributed by atoms with van der Waals surface area (Å²) < 4.78 is 0. The van der Waals surface area contributed by atoms with Gasteiger partial charge in [-0.25, -0.2) is 0 Å². The van der Waals surface area contributed by atoms with Crippen molar-refractivity contribution in [1.82, 2.24) is 0 Å². The largest absolute Gasteiger partial charge is 0.324 e. The summed E-state index contributed by atoms with van der Waals surface area (Å²) in [6.45, 7) is 4.40. The predicted molar refractivity (Wildman–Crippen MR) is 73.9 cm³/mol. The van der Waals surface area contributed by atoms with E-state index < -0.39 is 0 Å². The molecule has 0 aliphatic carbocycles. The Hall–Kier alpha value is -0.470. The number of thioether (sulfide) groups is 1. The minimum absolute atomic E-state index is 0.215. The molecule has 0 unspecified atom stereocenters. The number of benzene rings is 1. The van der Waals surface area contributed by atoms with Crippen LogP contribution in [0.1, 0.15) is 51.1 Å². The fourth-order valence-corrected chi connectivity index (χ4v) is 2.42. The van der Waals surface area contributed by atoms with E-state index >= 15 is 0 Å². The van der Waals surface area contributed by atoms with Gasteiger partial charge in [-0.15, -0.1) is 11.8 Å². The first-order chi connectivity index (χ1) is 7.77. The summed E-state index contributed by atoms with van der Waals surface area (Å²) in [6.07, 6.45) is 4.90. The van der Waals surface area contributed by atoms with Crippen molar-refractivity contribution in [3.05, 3.63) is 29.8 Å². The molecule has 2 heteroatoms. The molecule has 90 valence electrons. The molecule has 1 aromatic carbocycles. The van der Waals surface area contributed by atoms with Gasteiger partial charge in [-0.2, -0.15) is 0 Å². The average Bonchev–Trinajstić information content (AvgIpc) is 2.30. The molecule has 0 radical (unpaired) electrons. The van der Waals surface area contributed by atoms with E-state index in [0.717, 1.165) is 12.2 Å². The maximum Gasteiger partial charge on any atom is 0.0294 e. The Morgan fingerprint density at radius 2 is 1.81 bits per heavy atom. The molecule has 1 aromatic rings. The number of unbranched alkanes of at least 4 members (excludes halogenated alkanes) is 2. The molecule has 0 aliphatic heterocycles. The van der Waals surface area contributed by atoms with Crippen LogP contribution in [0, 0.1) is 0 Å². The smallest absolute Gasteiger partial charge is 0.0294 e. The molecule has 0 saturated heterocycles. The van der Waals surface area contributed by atoms with E-state index in [1.54, 1.807) is 0 Å². The van der Waals surface area contributed by atoms with Crippen LogP contribution >= 0.6 is 11.8 Å². The van der Waals surface area contributed by atoms with Gasteiger partial charge in [-0.05, 0) is 29.9 Å². The highest BCUT2D eigenvalue weighted by atomic mass is 32.2. The lowest BCUT2D eigenvalue weighted by Gasteiger charge is -2.12. The third kappa shape index (κ3) is 4.58. The second-order valence-electron chi connectivity index (χ2n) is 4.10. The molecule has 1 nitrogen and oxygen atoms in total. The first kappa shape index (κ1) is 13.6. The Labute approximate surface area is 104 Å². The van der Waals surface area contributed by atoms with Crippen LogP contribution in [0.4, 0.5) is 0 Å². The standard InChI is InChI=1S/C14H23NS/c1-3-5-6-7-14(15)12-8-10-13(11-9-12)16-4-2/h8-11,14H,3-7,15H2,1-2H3/t14-/m0/s1. The van der Waals surface area contributed by atoms with Crippen LogP contribution in [0.2, 0.25) is 0 Å². The predicted octanol–water partition coefficient (Wildman–Crippen LogP) is 4.38. The molecule has 0 amide bonds. The van der Waals surface area contributed by atoms with Gasteiger partial charge < -0.3 is 5.73 Å². The molecular formula is C14H23NS. The van der Waals surface area contributed by atoms with E-state index in [4.69, 9.17) is 5.73 Å². The first-order valence-corrected chi connectivity index (χ1v) is 7.24. The Balaban J connectivity index is 2.46. The van der Waals surface area contributed by atoms with Gasteiger partial charge in [-0.3, -0.25) is 0 Å². The summed E-state index contributed by atoms with van der Waals surface area (Å²) in [7, 11) is 0. The third-order valence-corrected chi connectivity index (χ3v) is 3.63. The molecule has 1 rings (SSSR count). The van der Waals surface area contributed by atoms with Gasteiger partial charge in [0.15, 0.2) is 0 Å². The second kappa shape index (κ2) is 7.75. The highest BCUT2D eigenvalue weighted by Crippen LogP contribution is 2.22. The van der Waals surface area contributed by atoms with Crippen LogP contribution in [0.3, 0.4) is 0 Å². The lowest BCUT2D eigenvalue weighted by Crippen LogP contribution is -2.09. The van der Waals surface area contributed by atoms with E-state index in [1.165, 1.54) is 29.7 Å². The number of rotatable bonds is 7. The summed E-state index contributed by atoms with van der Waals surface area (Å²) in [5.74, 6) is 1.13. The van der Waals surface area contributed by atoms with Gasteiger partial charge in [0.1, 0.15) is 0 Å². The third-order valence-electron chi connectivity index (χ3n) is 2.74. The van der Waals surface area contributed by atoms with Gasteiger partial charge in [-0.1, -0.05) is 45.2 Å². The average molecular weight is 237 g/mol. The van der Waals surface area contributed by atoms with Crippen LogP contribution < -0.4 is 5.73 Å². The molecule has 0 heterocycles. The maximum absolute atomic E-state index is 6.15. The Morgan fingerprint density at radius 1 is 1.12 bits per heavy atom. The van der Waals surface area contributed by atoms with Gasteiger partial charge in [0.2, 0.25) is 0 Å². The fourth-order valence-electron chi connectivity index (χ4n) is 1.76. The zero-order valence-electron chi connectivity index (χ0n) is 10.4. The Kier molecular flexibility index (Phi) is 6.58. The lowest BCUT2D eigenvalue weighted by atomic mass is 10.0. The van der Waals surface area contributed by atoms with Crippen molar-refractivity contribution in [3.8, 4) is 0 Å². The molecule has 0 saturated carbocycles. The second-order valence-corrected chi connectivity index (χ2v) is 5.44. The molecule has 0 bridgehead atoms. The van der Waals surface area contributed by atoms with E-state index in [1.807, 2.05) is 11.8 Å². The molecule has 1 atom stereocenters. The molecule has 0 fully saturated rings. The maximum atomic E-state index is 6.15. The minimum Gasteiger partial charge on any atom is -0.324 e. The number of hydrogen-bond acceptors (Lipinski definition) is 2. The van der Waals surface area contributed by atoms with Gasteiger partial charge in [0.05, 0.1) is 0 Å². The molecule has 0 aromatic heterocycles. The van der Waals surface area contributed by atoms with Crippen LogP contribution in [-0.2, 0) is 0 Å². The normalized spacial score (nSPS) is 12.7. The summed E-state index contributed by atoms with van der Waals surface area (Å²) in [5, 5.41) is 0. The molecule has 16 heavy (non-hydrogen) atoms. The van der Waals surface area contributed by atoms with Crippen molar-refractivity contribution in [2.75, 3.05) is 5.75 Å². The quantitative estimate of drug-likeness (QED) is 0.562. The van der Waals surface area contributed by atoms with Gasteiger partial charge >= 0.3 is 0 Å². The summed E-state index contributed by atoms with van der Waals surface area (Å²) >= 11 is 1.88. The van der Waals surface area contributed by atoms with Crippen LogP contribution in [0.25, 0.3) is 0 Å². The van der Waals surface area contributed by atoms with Crippen LogP contribution in [-0.4, -0.2) is 5.75 Å². The zero-order valence-corrected chi connectivity index (χ0v) is 11.2. The molecule has 0 spiro atoms. The minimum atomic E-state index is 0.215. The molecule has 2 N–H and O–H groups in total. The lowest BCUT2D eigenvalue weighted by molar-refractivity contribution is 0.581. The van der Waals surface area contributed by atoms with E-state index in [2.05, 4.69) is 38.1 Å². The number of nitrogens with two attached hydrogens (primary N) is 1. The molecule has 0 aliphatic rings. The van der Waals surface area contributed by atoms with Crippen molar-refractivity contribution in [2.45, 2.75) is 50.5 Å². The van der Waals surface area contributed by atoms with E-state index in [-0.39, 0.29) is 6.04 Å². The summed E-state index contributed by atoms with van der Waals surface area (Å²) in [4.78, 5) is 1.34. The van der Waals surface area contributed by atoms with E-state index in [0.29, 0.717) is 0 Å². The topological polar surface area (TPSA) is 26.0 Å². The van der Waals surface area contributed by atoms with Gasteiger partial charge in [0.25, 0.3) is 0 Å². The van der Waals surface area contributed by atoms with Crippen LogP contribution in [0.5, 0.6) is 0 Å². The fraction of sp³-hybridized carbons (Fsp3) is 0.571. The Morgan fingerprint density at radius 3 is 2.38 bits per heavy atom. The molecular weight excluding hydrogens is 214 g/mol. The summed E-state index contributed by atoms with van der Waals surface area (Å²) in [5.41, 5.74) is 7.43.